The van der Waals surface area contributed by atoms with E-state index in [0.717, 1.165) is 72.6 Å². The summed E-state index contributed by atoms with van der Waals surface area (Å²) in [6, 6.07) is 73.4. The minimum atomic E-state index is -0.117. The summed E-state index contributed by atoms with van der Waals surface area (Å²) in [7, 11) is 0. The first kappa shape index (κ1) is 43.6. The minimum absolute atomic E-state index is 0.0610. The van der Waals surface area contributed by atoms with E-state index in [1.165, 1.54) is 77.5 Å². The van der Waals surface area contributed by atoms with Gasteiger partial charge in [0.2, 0.25) is 0 Å². The Hall–Kier alpha value is -8.40. The summed E-state index contributed by atoms with van der Waals surface area (Å²) in [4.78, 5) is 0. The van der Waals surface area contributed by atoms with E-state index in [1.54, 1.807) is 0 Å². The number of hydrogen-bond donors (Lipinski definition) is 0. The zero-order valence-electron chi connectivity index (χ0n) is 41.6. The van der Waals surface area contributed by atoms with E-state index in [0.29, 0.717) is 0 Å². The molecule has 0 saturated carbocycles. The third-order valence-corrected chi connectivity index (χ3v) is 14.8. The van der Waals surface area contributed by atoms with Crippen LogP contribution in [-0.4, -0.2) is 0 Å². The van der Waals surface area contributed by atoms with Crippen LogP contribution in [0.5, 0.6) is 0 Å². The van der Waals surface area contributed by atoms with Gasteiger partial charge in [-0.3, -0.25) is 0 Å². The predicted molar refractivity (Wildman–Crippen MR) is 302 cm³/mol. The van der Waals surface area contributed by atoms with Crippen LogP contribution in [0.25, 0.3) is 121 Å². The van der Waals surface area contributed by atoms with Crippen LogP contribution < -0.4 is 0 Å². The van der Waals surface area contributed by atoms with Gasteiger partial charge in [-0.25, -0.2) is 0 Å². The van der Waals surface area contributed by atoms with Crippen LogP contribution in [0, 0.1) is 0 Å². The Balaban J connectivity index is 0.000000140. The van der Waals surface area contributed by atoms with Gasteiger partial charge in [0.25, 0.3) is 0 Å². The second kappa shape index (κ2) is 16.6. The third kappa shape index (κ3) is 7.01. The predicted octanol–water partition coefficient (Wildman–Crippen LogP) is 19.9. The molecule has 3 heteroatoms. The molecule has 0 radical (unpaired) electrons. The minimum Gasteiger partial charge on any atom is -0.456 e. The van der Waals surface area contributed by atoms with Crippen LogP contribution in [0.4, 0.5) is 0 Å². The molecule has 0 atom stereocenters. The summed E-state index contributed by atoms with van der Waals surface area (Å²) in [6.45, 7) is 13.9. The Morgan fingerprint density at radius 3 is 1.22 bits per heavy atom. The standard InChI is InChI=1S/C35H28O.C34H26O2/c1-35(2,3)34-27(25-15-8-12-23-21-22-11-4-5-13-24(22)32(23)25)17-9-18-28(34)26-16-10-20-31-33(26)29-14-6-7-19-30(29)36-31;1-34(2,3)31-23(27-17-9-15-25-21-11-4-6-19-29(21)35-32(25)27)13-8-14-24(31)28-18-10-16-26-22-12-5-7-20-30(22)36-33(26)28/h4-20H,21H2,1-3H3;4-20H,1-3H3. The number of benzene rings is 10. The molecule has 3 heterocycles. The Bertz CT molecular complexity index is 4140. The summed E-state index contributed by atoms with van der Waals surface area (Å²) < 4.78 is 19.1. The fourth-order valence-electron chi connectivity index (χ4n) is 11.9. The quantitative estimate of drug-likeness (QED) is 0.177. The normalized spacial score (nSPS) is 12.5. The molecule has 13 aromatic rings. The van der Waals surface area contributed by atoms with Gasteiger partial charge < -0.3 is 13.3 Å². The van der Waals surface area contributed by atoms with E-state index in [9.17, 15) is 0 Å². The molecular weight excluding hydrogens is 877 g/mol. The number of rotatable bonds is 4. The van der Waals surface area contributed by atoms with E-state index < -0.39 is 0 Å². The number of para-hydroxylation sites is 5. The highest BCUT2D eigenvalue weighted by Crippen LogP contribution is 2.50. The lowest BCUT2D eigenvalue weighted by Gasteiger charge is -2.28. The fourth-order valence-corrected chi connectivity index (χ4v) is 11.9. The van der Waals surface area contributed by atoms with Crippen molar-refractivity contribution in [2.24, 2.45) is 0 Å². The molecule has 0 spiro atoms. The summed E-state index contributed by atoms with van der Waals surface area (Å²) in [5.41, 5.74) is 23.4. The van der Waals surface area contributed by atoms with E-state index in [1.807, 2.05) is 30.3 Å². The molecule has 0 unspecified atom stereocenters. The first-order valence-electron chi connectivity index (χ1n) is 25.2. The van der Waals surface area contributed by atoms with Crippen molar-refractivity contribution in [1.29, 1.82) is 0 Å². The molecule has 0 aliphatic heterocycles. The SMILES string of the molecule is CC(C)(C)c1c(-c2cccc3c2-c2ccccc2C3)cccc1-c1cccc2oc3ccccc3c12.CC(C)(C)c1c(-c2cccc3c2oc2ccccc23)cccc1-c1cccc2c1oc1ccccc12. The maximum absolute atomic E-state index is 6.44. The topological polar surface area (TPSA) is 39.4 Å². The number of hydrogen-bond acceptors (Lipinski definition) is 3. The van der Waals surface area contributed by atoms with E-state index in [4.69, 9.17) is 13.3 Å². The summed E-state index contributed by atoms with van der Waals surface area (Å²) in [6.07, 6.45) is 1.00. The molecule has 72 heavy (non-hydrogen) atoms. The summed E-state index contributed by atoms with van der Waals surface area (Å²) >= 11 is 0. The van der Waals surface area contributed by atoms with Crippen molar-refractivity contribution in [2.45, 2.75) is 58.8 Å². The van der Waals surface area contributed by atoms with Crippen LogP contribution in [0.3, 0.4) is 0 Å². The van der Waals surface area contributed by atoms with Crippen LogP contribution >= 0.6 is 0 Å². The Morgan fingerprint density at radius 1 is 0.278 bits per heavy atom. The van der Waals surface area contributed by atoms with Crippen molar-refractivity contribution in [2.75, 3.05) is 0 Å². The highest BCUT2D eigenvalue weighted by atomic mass is 16.3. The number of furan rings is 3. The van der Waals surface area contributed by atoms with Crippen LogP contribution in [0.15, 0.2) is 220 Å². The molecule has 0 amide bonds. The third-order valence-electron chi connectivity index (χ3n) is 14.8. The second-order valence-corrected chi connectivity index (χ2v) is 21.5. The van der Waals surface area contributed by atoms with Gasteiger partial charge in [-0.05, 0) is 108 Å². The molecule has 0 N–H and O–H groups in total. The lowest BCUT2D eigenvalue weighted by Crippen LogP contribution is -2.15. The lowest BCUT2D eigenvalue weighted by molar-refractivity contribution is 0.593. The first-order chi connectivity index (χ1) is 35.0. The molecule has 14 rings (SSSR count). The molecule has 1 aliphatic rings. The van der Waals surface area contributed by atoms with Gasteiger partial charge in [0.1, 0.15) is 33.5 Å². The number of fused-ring (bicyclic) bond motifs is 12. The summed E-state index contributed by atoms with van der Waals surface area (Å²) in [5, 5.41) is 6.95. The van der Waals surface area contributed by atoms with Crippen molar-refractivity contribution in [3.8, 4) is 55.6 Å². The molecule has 3 nitrogen and oxygen atoms in total. The van der Waals surface area contributed by atoms with Gasteiger partial charge in [0.05, 0.1) is 0 Å². The van der Waals surface area contributed by atoms with Crippen molar-refractivity contribution < 1.29 is 13.3 Å². The zero-order valence-corrected chi connectivity index (χ0v) is 41.6. The second-order valence-electron chi connectivity index (χ2n) is 21.5. The maximum Gasteiger partial charge on any atom is 0.143 e. The molecule has 10 aromatic carbocycles. The highest BCUT2D eigenvalue weighted by molar-refractivity contribution is 6.14. The van der Waals surface area contributed by atoms with Crippen molar-refractivity contribution in [1.82, 2.24) is 0 Å². The molecule has 0 fully saturated rings. The van der Waals surface area contributed by atoms with E-state index in [2.05, 4.69) is 217 Å². The van der Waals surface area contributed by atoms with Crippen molar-refractivity contribution >= 4 is 65.8 Å². The Kier molecular flexibility index (Phi) is 10.1. The monoisotopic (exact) mass is 930 g/mol. The van der Waals surface area contributed by atoms with E-state index >= 15 is 0 Å². The summed E-state index contributed by atoms with van der Waals surface area (Å²) in [5.74, 6) is 0. The molecule has 0 bridgehead atoms. The average Bonchev–Trinajstić information content (AvgIpc) is 4.18. The lowest BCUT2D eigenvalue weighted by atomic mass is 9.76. The zero-order chi connectivity index (χ0) is 48.9. The van der Waals surface area contributed by atoms with Crippen molar-refractivity contribution in [3.63, 3.8) is 0 Å². The molecule has 1 aliphatic carbocycles. The van der Waals surface area contributed by atoms with Gasteiger partial charge in [0, 0.05) is 43.4 Å². The van der Waals surface area contributed by atoms with Gasteiger partial charge in [-0.1, -0.05) is 224 Å². The molecule has 0 saturated heterocycles. The molecule has 3 aromatic heterocycles. The van der Waals surface area contributed by atoms with Crippen LogP contribution in [0.2, 0.25) is 0 Å². The van der Waals surface area contributed by atoms with Crippen LogP contribution in [-0.2, 0) is 17.3 Å². The highest BCUT2D eigenvalue weighted by Gasteiger charge is 2.30. The average molecular weight is 931 g/mol. The van der Waals surface area contributed by atoms with Gasteiger partial charge in [-0.2, -0.15) is 0 Å². The molecular formula is C69H54O3. The Labute approximate surface area is 420 Å². The van der Waals surface area contributed by atoms with Gasteiger partial charge in [-0.15, -0.1) is 0 Å². The maximum atomic E-state index is 6.44. The van der Waals surface area contributed by atoms with E-state index in [-0.39, 0.29) is 10.8 Å². The van der Waals surface area contributed by atoms with Gasteiger partial charge >= 0.3 is 0 Å². The van der Waals surface area contributed by atoms with Crippen LogP contribution in [0.1, 0.15) is 63.8 Å². The fraction of sp³-hybridized carbons (Fsp3) is 0.130. The van der Waals surface area contributed by atoms with Gasteiger partial charge in [0.15, 0.2) is 0 Å². The largest absolute Gasteiger partial charge is 0.456 e. The Morgan fingerprint density at radius 2 is 0.639 bits per heavy atom. The molecule has 348 valence electrons. The first-order valence-corrected chi connectivity index (χ1v) is 25.2. The smallest absolute Gasteiger partial charge is 0.143 e. The van der Waals surface area contributed by atoms with Crippen molar-refractivity contribution in [3.05, 3.63) is 229 Å².